The van der Waals surface area contributed by atoms with Gasteiger partial charge in [-0.2, -0.15) is 5.10 Å². The van der Waals surface area contributed by atoms with Crippen molar-refractivity contribution >= 4 is 34.5 Å². The van der Waals surface area contributed by atoms with E-state index in [0.29, 0.717) is 28.3 Å². The number of nitrogen functional groups attached to an aromatic ring is 1. The highest BCUT2D eigenvalue weighted by Crippen LogP contribution is 2.38. The summed E-state index contributed by atoms with van der Waals surface area (Å²) < 4.78 is 15.0. The smallest absolute Gasteiger partial charge is 0.271 e. The largest absolute Gasteiger partial charge is 0.397 e. The predicted octanol–water partition coefficient (Wildman–Crippen LogP) is 4.42. The Morgan fingerprint density at radius 2 is 2.04 bits per heavy atom. The Hall–Kier alpha value is -3.13. The monoisotopic (exact) mass is 375 g/mol. The second-order valence-corrected chi connectivity index (χ2v) is 6.12. The minimum absolute atomic E-state index is 0.101. The van der Waals surface area contributed by atoms with Crippen molar-refractivity contribution in [2.24, 2.45) is 7.05 Å². The fraction of sp³-hybridized carbons (Fsp3) is 0.118. The quantitative estimate of drug-likeness (QED) is 0.399. The first-order valence-electron chi connectivity index (χ1n) is 7.58. The molecule has 3 rings (SSSR count). The molecule has 0 radical (unpaired) electrons. The van der Waals surface area contributed by atoms with Crippen molar-refractivity contribution in [2.45, 2.75) is 6.92 Å². The molecule has 7 nitrogen and oxygen atoms in total. The molecule has 0 aliphatic heterocycles. The summed E-state index contributed by atoms with van der Waals surface area (Å²) in [6, 6.07) is 8.27. The van der Waals surface area contributed by atoms with E-state index in [1.807, 2.05) is 0 Å². The molecular formula is C17H15ClFN5O2. The highest BCUT2D eigenvalue weighted by Gasteiger charge is 2.19. The molecule has 0 aliphatic rings. The number of hydrogen-bond donors (Lipinski definition) is 2. The van der Waals surface area contributed by atoms with Gasteiger partial charge in [0.2, 0.25) is 0 Å². The fourth-order valence-corrected chi connectivity index (χ4v) is 2.98. The number of nitrogens with two attached hydrogens (primary N) is 1. The van der Waals surface area contributed by atoms with Gasteiger partial charge in [0.25, 0.3) is 5.69 Å². The molecule has 3 N–H and O–H groups in total. The lowest BCUT2D eigenvalue weighted by Crippen LogP contribution is -2.03. The summed E-state index contributed by atoms with van der Waals surface area (Å²) in [6.45, 7) is 1.80. The molecule has 0 unspecified atom stereocenters. The van der Waals surface area contributed by atoms with Crippen molar-refractivity contribution < 1.29 is 9.31 Å². The molecule has 0 spiro atoms. The van der Waals surface area contributed by atoms with E-state index in [0.717, 1.165) is 0 Å². The summed E-state index contributed by atoms with van der Waals surface area (Å²) in [5, 5.41) is 18.6. The van der Waals surface area contributed by atoms with E-state index in [-0.39, 0.29) is 16.4 Å². The van der Waals surface area contributed by atoms with E-state index in [1.54, 1.807) is 24.7 Å². The van der Waals surface area contributed by atoms with Crippen LogP contribution in [0.5, 0.6) is 0 Å². The molecule has 134 valence electrons. The average molecular weight is 376 g/mol. The van der Waals surface area contributed by atoms with Gasteiger partial charge in [0.15, 0.2) is 0 Å². The van der Waals surface area contributed by atoms with Gasteiger partial charge >= 0.3 is 0 Å². The Morgan fingerprint density at radius 1 is 1.31 bits per heavy atom. The van der Waals surface area contributed by atoms with Crippen LogP contribution in [0.15, 0.2) is 36.4 Å². The van der Waals surface area contributed by atoms with Crippen LogP contribution in [0.1, 0.15) is 5.69 Å². The van der Waals surface area contributed by atoms with Crippen molar-refractivity contribution in [3.05, 3.63) is 63.0 Å². The Balaban J connectivity index is 2.08. The van der Waals surface area contributed by atoms with Gasteiger partial charge in [-0.25, -0.2) is 4.39 Å². The van der Waals surface area contributed by atoms with Crippen LogP contribution in [0.3, 0.4) is 0 Å². The molecule has 1 aromatic heterocycles. The summed E-state index contributed by atoms with van der Waals surface area (Å²) >= 11 is 6.20. The van der Waals surface area contributed by atoms with Gasteiger partial charge in [-0.05, 0) is 31.2 Å². The molecule has 0 saturated heterocycles. The Labute approximate surface area is 153 Å². The second kappa shape index (κ2) is 6.64. The maximum atomic E-state index is 13.4. The highest BCUT2D eigenvalue weighted by molar-refractivity contribution is 6.33. The molecule has 0 fully saturated rings. The molecule has 9 heteroatoms. The zero-order chi connectivity index (χ0) is 19.0. The normalized spacial score (nSPS) is 10.8. The molecule has 3 aromatic rings. The zero-order valence-electron chi connectivity index (χ0n) is 14.0. The third-order valence-electron chi connectivity index (χ3n) is 3.92. The van der Waals surface area contributed by atoms with E-state index in [1.165, 1.54) is 30.3 Å². The molecule has 0 amide bonds. The standard InChI is InChI=1S/C17H15ClFN5O2/c1-9-16(12-5-3-10(19)7-13(12)18)17(23(2)22-9)21-15-6-4-11(24(25)26)8-14(15)20/h3-8,21H,20H2,1-2H3. The number of nitro groups is 1. The van der Waals surface area contributed by atoms with Gasteiger partial charge in [-0.15, -0.1) is 0 Å². The van der Waals surface area contributed by atoms with Crippen LogP contribution in [0.2, 0.25) is 5.02 Å². The van der Waals surface area contributed by atoms with Crippen LogP contribution in [0.4, 0.5) is 27.3 Å². The highest BCUT2D eigenvalue weighted by atomic mass is 35.5. The molecule has 1 heterocycles. The van der Waals surface area contributed by atoms with E-state index in [4.69, 9.17) is 17.3 Å². The van der Waals surface area contributed by atoms with Gasteiger partial charge < -0.3 is 11.1 Å². The molecule has 0 aliphatic carbocycles. The first-order valence-corrected chi connectivity index (χ1v) is 7.95. The SMILES string of the molecule is Cc1nn(C)c(Nc2ccc([N+](=O)[O-])cc2N)c1-c1ccc(F)cc1Cl. The Kier molecular flexibility index (Phi) is 4.52. The van der Waals surface area contributed by atoms with Crippen LogP contribution in [-0.2, 0) is 7.05 Å². The average Bonchev–Trinajstić information content (AvgIpc) is 2.83. The zero-order valence-corrected chi connectivity index (χ0v) is 14.7. The van der Waals surface area contributed by atoms with Gasteiger partial charge in [0.1, 0.15) is 11.6 Å². The lowest BCUT2D eigenvalue weighted by molar-refractivity contribution is -0.384. The van der Waals surface area contributed by atoms with E-state index < -0.39 is 10.7 Å². The van der Waals surface area contributed by atoms with Crippen molar-refractivity contribution in [1.29, 1.82) is 0 Å². The van der Waals surface area contributed by atoms with Crippen LogP contribution in [0, 0.1) is 22.9 Å². The van der Waals surface area contributed by atoms with Crippen molar-refractivity contribution in [3.8, 4) is 11.1 Å². The number of anilines is 3. The lowest BCUT2D eigenvalue weighted by atomic mass is 10.1. The first kappa shape index (κ1) is 17.7. The topological polar surface area (TPSA) is 99.0 Å². The van der Waals surface area contributed by atoms with Crippen molar-refractivity contribution in [3.63, 3.8) is 0 Å². The van der Waals surface area contributed by atoms with Gasteiger partial charge in [0.05, 0.1) is 27.0 Å². The molecular weight excluding hydrogens is 361 g/mol. The number of halogens is 2. The molecule has 0 atom stereocenters. The van der Waals surface area contributed by atoms with E-state index in [2.05, 4.69) is 10.4 Å². The van der Waals surface area contributed by atoms with Crippen molar-refractivity contribution in [2.75, 3.05) is 11.1 Å². The minimum atomic E-state index is -0.516. The summed E-state index contributed by atoms with van der Waals surface area (Å²) in [5.41, 5.74) is 8.52. The number of aromatic nitrogens is 2. The lowest BCUT2D eigenvalue weighted by Gasteiger charge is -2.13. The van der Waals surface area contributed by atoms with Crippen LogP contribution >= 0.6 is 11.6 Å². The molecule has 0 bridgehead atoms. The van der Waals surface area contributed by atoms with Crippen LogP contribution in [-0.4, -0.2) is 14.7 Å². The number of nitrogens with zero attached hydrogens (tertiary/aromatic N) is 3. The number of aryl methyl sites for hydroxylation is 2. The Bertz CT molecular complexity index is 1020. The van der Waals surface area contributed by atoms with Crippen LogP contribution in [0.25, 0.3) is 11.1 Å². The number of nitrogens with one attached hydrogen (secondary N) is 1. The van der Waals surface area contributed by atoms with Crippen LogP contribution < -0.4 is 11.1 Å². The minimum Gasteiger partial charge on any atom is -0.397 e. The number of nitro benzene ring substituents is 1. The first-order chi connectivity index (χ1) is 12.3. The molecule has 2 aromatic carbocycles. The summed E-state index contributed by atoms with van der Waals surface area (Å²) in [5.74, 6) is 0.144. The summed E-state index contributed by atoms with van der Waals surface area (Å²) in [7, 11) is 1.73. The predicted molar refractivity (Wildman–Crippen MR) is 99.1 cm³/mol. The number of benzene rings is 2. The van der Waals surface area contributed by atoms with E-state index in [9.17, 15) is 14.5 Å². The molecule has 0 saturated carbocycles. The summed E-state index contributed by atoms with van der Waals surface area (Å²) in [6.07, 6.45) is 0. The summed E-state index contributed by atoms with van der Waals surface area (Å²) in [4.78, 5) is 10.3. The third kappa shape index (κ3) is 3.18. The van der Waals surface area contributed by atoms with Gasteiger partial charge in [0, 0.05) is 30.3 Å². The van der Waals surface area contributed by atoms with Gasteiger partial charge in [-0.1, -0.05) is 11.6 Å². The fourth-order valence-electron chi connectivity index (χ4n) is 2.72. The second-order valence-electron chi connectivity index (χ2n) is 5.71. The number of non-ortho nitro benzene ring substituents is 1. The van der Waals surface area contributed by atoms with Gasteiger partial charge in [-0.3, -0.25) is 14.8 Å². The Morgan fingerprint density at radius 3 is 2.65 bits per heavy atom. The molecule has 26 heavy (non-hydrogen) atoms. The third-order valence-corrected chi connectivity index (χ3v) is 4.23. The van der Waals surface area contributed by atoms with Crippen molar-refractivity contribution in [1.82, 2.24) is 9.78 Å². The maximum Gasteiger partial charge on any atom is 0.271 e. The number of rotatable bonds is 4. The number of hydrogen-bond acceptors (Lipinski definition) is 5. The maximum absolute atomic E-state index is 13.4. The van der Waals surface area contributed by atoms with E-state index >= 15 is 0 Å².